The molecule has 0 saturated heterocycles. The Morgan fingerprint density at radius 3 is 2.37 bits per heavy atom. The number of halogens is 3. The van der Waals surface area contributed by atoms with E-state index in [1.807, 2.05) is 0 Å². The SMILES string of the molecule is COc1cc2nc(-c3cccc(C(F)(F)F)c3)c(C)c(C(=O)[O-])c2cc1S(C)(=O)=O. The lowest BCUT2D eigenvalue weighted by atomic mass is 9.96. The van der Waals surface area contributed by atoms with Gasteiger partial charge in [-0.3, -0.25) is 0 Å². The molecule has 3 rings (SSSR count). The Bertz CT molecular complexity index is 1280. The number of carbonyl (C=O) groups is 1. The van der Waals surface area contributed by atoms with Crippen molar-refractivity contribution in [3.05, 3.63) is 53.1 Å². The molecule has 0 amide bonds. The van der Waals surface area contributed by atoms with Gasteiger partial charge in [-0.05, 0) is 30.7 Å². The number of ether oxygens (including phenoxy) is 1. The Morgan fingerprint density at radius 2 is 1.83 bits per heavy atom. The van der Waals surface area contributed by atoms with Crippen LogP contribution in [0.15, 0.2) is 41.3 Å². The van der Waals surface area contributed by atoms with Gasteiger partial charge in [0, 0.05) is 28.8 Å². The van der Waals surface area contributed by atoms with Gasteiger partial charge in [0.1, 0.15) is 10.6 Å². The van der Waals surface area contributed by atoms with E-state index >= 15 is 0 Å². The Kier molecular flexibility index (Phi) is 5.23. The lowest BCUT2D eigenvalue weighted by Gasteiger charge is -2.18. The second kappa shape index (κ2) is 7.28. The number of carboxylic acids is 1. The van der Waals surface area contributed by atoms with E-state index < -0.39 is 27.5 Å². The van der Waals surface area contributed by atoms with Crippen LogP contribution in [0.4, 0.5) is 13.2 Å². The summed E-state index contributed by atoms with van der Waals surface area (Å²) in [5.74, 6) is -1.68. The number of benzene rings is 2. The highest BCUT2D eigenvalue weighted by Gasteiger charge is 2.31. The van der Waals surface area contributed by atoms with E-state index in [2.05, 4.69) is 4.98 Å². The molecule has 0 N–H and O–H groups in total. The van der Waals surface area contributed by atoms with Gasteiger partial charge in [-0.15, -0.1) is 0 Å². The smallest absolute Gasteiger partial charge is 0.416 e. The zero-order chi connectivity index (χ0) is 22.4. The fourth-order valence-electron chi connectivity index (χ4n) is 3.20. The number of alkyl halides is 3. The molecule has 0 saturated carbocycles. The third-order valence-electron chi connectivity index (χ3n) is 4.58. The van der Waals surface area contributed by atoms with Gasteiger partial charge in [-0.1, -0.05) is 12.1 Å². The summed E-state index contributed by atoms with van der Waals surface area (Å²) in [6.45, 7) is 1.37. The molecule has 0 aliphatic carbocycles. The summed E-state index contributed by atoms with van der Waals surface area (Å²) in [5, 5.41) is 11.8. The van der Waals surface area contributed by atoms with Gasteiger partial charge in [-0.25, -0.2) is 13.4 Å². The third kappa shape index (κ3) is 3.82. The Labute approximate surface area is 169 Å². The van der Waals surface area contributed by atoms with Crippen molar-refractivity contribution in [3.63, 3.8) is 0 Å². The Morgan fingerprint density at radius 1 is 1.17 bits per heavy atom. The molecular formula is C20H15F3NO5S-. The topological polar surface area (TPSA) is 96.4 Å². The predicted molar refractivity (Wildman–Crippen MR) is 101 cm³/mol. The molecular weight excluding hydrogens is 423 g/mol. The summed E-state index contributed by atoms with van der Waals surface area (Å²) >= 11 is 0. The fraction of sp³-hybridized carbons (Fsp3) is 0.200. The van der Waals surface area contributed by atoms with Crippen LogP contribution in [-0.2, 0) is 16.0 Å². The summed E-state index contributed by atoms with van der Waals surface area (Å²) < 4.78 is 68.5. The van der Waals surface area contributed by atoms with Gasteiger partial charge >= 0.3 is 6.18 Å². The minimum absolute atomic E-state index is 0.00181. The van der Waals surface area contributed by atoms with Crippen molar-refractivity contribution in [1.29, 1.82) is 0 Å². The van der Waals surface area contributed by atoms with Gasteiger partial charge in [-0.2, -0.15) is 13.2 Å². The van der Waals surface area contributed by atoms with E-state index in [1.165, 1.54) is 32.2 Å². The molecule has 0 fully saturated rings. The number of carbonyl (C=O) groups excluding carboxylic acids is 1. The first-order valence-electron chi connectivity index (χ1n) is 8.46. The van der Waals surface area contributed by atoms with Gasteiger partial charge in [0.2, 0.25) is 0 Å². The first-order valence-corrected chi connectivity index (χ1v) is 10.3. The number of rotatable bonds is 4. The van der Waals surface area contributed by atoms with E-state index in [4.69, 9.17) is 4.74 Å². The number of nitrogens with zero attached hydrogens (tertiary/aromatic N) is 1. The molecule has 0 spiro atoms. The van der Waals surface area contributed by atoms with Crippen LogP contribution in [0.5, 0.6) is 5.75 Å². The van der Waals surface area contributed by atoms with Crippen molar-refractivity contribution in [1.82, 2.24) is 4.98 Å². The van der Waals surface area contributed by atoms with Crippen molar-refractivity contribution in [2.75, 3.05) is 13.4 Å². The lowest BCUT2D eigenvalue weighted by Crippen LogP contribution is -2.24. The van der Waals surface area contributed by atoms with Crippen molar-refractivity contribution < 1.29 is 36.2 Å². The number of hydrogen-bond donors (Lipinski definition) is 0. The highest BCUT2D eigenvalue weighted by molar-refractivity contribution is 7.90. The first kappa shape index (κ1) is 21.6. The molecule has 1 heterocycles. The molecule has 0 radical (unpaired) electrons. The maximum absolute atomic E-state index is 13.1. The van der Waals surface area contributed by atoms with Crippen LogP contribution >= 0.6 is 0 Å². The van der Waals surface area contributed by atoms with Crippen molar-refractivity contribution in [3.8, 4) is 17.0 Å². The minimum atomic E-state index is -4.59. The van der Waals surface area contributed by atoms with Crippen LogP contribution in [0, 0.1) is 6.92 Å². The Balaban J connectivity index is 2.42. The summed E-state index contributed by atoms with van der Waals surface area (Å²) in [7, 11) is -2.53. The number of methoxy groups -OCH3 is 1. The van der Waals surface area contributed by atoms with Gasteiger partial charge in [0.05, 0.1) is 29.9 Å². The van der Waals surface area contributed by atoms with Gasteiger partial charge in [0.15, 0.2) is 9.84 Å². The van der Waals surface area contributed by atoms with E-state index in [0.29, 0.717) is 0 Å². The maximum Gasteiger partial charge on any atom is 0.416 e. The maximum atomic E-state index is 13.1. The number of pyridine rings is 1. The molecule has 30 heavy (non-hydrogen) atoms. The van der Waals surface area contributed by atoms with Gasteiger partial charge < -0.3 is 14.6 Å². The normalized spacial score (nSPS) is 12.2. The number of aromatic nitrogens is 1. The number of hydrogen-bond acceptors (Lipinski definition) is 6. The summed E-state index contributed by atoms with van der Waals surface area (Å²) in [6.07, 6.45) is -3.65. The molecule has 1 aromatic heterocycles. The summed E-state index contributed by atoms with van der Waals surface area (Å²) in [6, 6.07) is 6.66. The van der Waals surface area contributed by atoms with E-state index in [1.54, 1.807) is 0 Å². The predicted octanol–water partition coefficient (Wildman–Crippen LogP) is 3.00. The molecule has 0 aliphatic rings. The van der Waals surface area contributed by atoms with E-state index in [0.717, 1.165) is 24.5 Å². The second-order valence-corrected chi connectivity index (χ2v) is 8.60. The molecule has 10 heteroatoms. The average Bonchev–Trinajstić information content (AvgIpc) is 2.64. The molecule has 0 unspecified atom stereocenters. The molecule has 0 aliphatic heterocycles. The molecule has 3 aromatic rings. The van der Waals surface area contributed by atoms with Gasteiger partial charge in [0.25, 0.3) is 0 Å². The monoisotopic (exact) mass is 438 g/mol. The Hall–Kier alpha value is -3.14. The van der Waals surface area contributed by atoms with Crippen molar-refractivity contribution in [2.24, 2.45) is 0 Å². The van der Waals surface area contributed by atoms with Crippen molar-refractivity contribution >= 4 is 26.7 Å². The molecule has 0 bridgehead atoms. The highest BCUT2D eigenvalue weighted by Crippen LogP contribution is 2.37. The highest BCUT2D eigenvalue weighted by atomic mass is 32.2. The van der Waals surface area contributed by atoms with Crippen LogP contribution in [0.3, 0.4) is 0 Å². The van der Waals surface area contributed by atoms with Crippen LogP contribution in [0.25, 0.3) is 22.2 Å². The number of carboxylic acid groups (broad SMARTS) is 1. The molecule has 158 valence electrons. The zero-order valence-corrected chi connectivity index (χ0v) is 16.8. The third-order valence-corrected chi connectivity index (χ3v) is 5.70. The number of sulfone groups is 1. The standard InChI is InChI=1S/C20H16F3NO5S/c1-10-17(19(25)26)13-8-16(30(3,27)28)15(29-2)9-14(13)24-18(10)11-5-4-6-12(7-11)20(21,22)23/h4-9H,1-3H3,(H,25,26)/p-1. The fourth-order valence-corrected chi connectivity index (χ4v) is 4.04. The second-order valence-electron chi connectivity index (χ2n) is 6.62. The van der Waals surface area contributed by atoms with E-state index in [-0.39, 0.29) is 43.9 Å². The quantitative estimate of drug-likeness (QED) is 0.621. The number of fused-ring (bicyclic) bond motifs is 1. The lowest BCUT2D eigenvalue weighted by molar-refractivity contribution is -0.254. The van der Waals surface area contributed by atoms with Crippen LogP contribution < -0.4 is 9.84 Å². The minimum Gasteiger partial charge on any atom is -0.545 e. The molecule has 2 aromatic carbocycles. The van der Waals surface area contributed by atoms with Crippen molar-refractivity contribution in [2.45, 2.75) is 18.0 Å². The largest absolute Gasteiger partial charge is 0.545 e. The number of aromatic carboxylic acids is 1. The van der Waals surface area contributed by atoms with Crippen LogP contribution in [-0.4, -0.2) is 32.7 Å². The van der Waals surface area contributed by atoms with Crippen LogP contribution in [0.2, 0.25) is 0 Å². The summed E-state index contributed by atoms with van der Waals surface area (Å²) in [4.78, 5) is 15.9. The summed E-state index contributed by atoms with van der Waals surface area (Å²) in [5.41, 5.74) is -1.14. The zero-order valence-electron chi connectivity index (χ0n) is 16.0. The molecule has 6 nitrogen and oxygen atoms in total. The van der Waals surface area contributed by atoms with Crippen LogP contribution in [0.1, 0.15) is 21.5 Å². The van der Waals surface area contributed by atoms with E-state index in [9.17, 15) is 31.5 Å². The average molecular weight is 438 g/mol. The molecule has 0 atom stereocenters. The first-order chi connectivity index (χ1) is 13.8.